The fourth-order valence-corrected chi connectivity index (χ4v) is 2.70. The Bertz CT molecular complexity index is 991. The third kappa shape index (κ3) is 3.91. The maximum atomic E-state index is 13.7. The van der Waals surface area contributed by atoms with Crippen molar-refractivity contribution in [3.8, 4) is 5.75 Å². The Labute approximate surface area is 153 Å². The minimum Gasteiger partial charge on any atom is -0.487 e. The fraction of sp³-hybridized carbons (Fsp3) is 0.158. The monoisotopic (exact) mass is 376 g/mol. The molecule has 0 saturated carbocycles. The molecule has 0 aliphatic heterocycles. The zero-order valence-corrected chi connectivity index (χ0v) is 14.6. The van der Waals surface area contributed by atoms with Crippen molar-refractivity contribution in [2.45, 2.75) is 20.1 Å². The molecule has 0 fully saturated rings. The number of hydrogen-bond acceptors (Lipinski definition) is 3. The number of rotatable bonds is 5. The Morgan fingerprint density at radius 3 is 2.73 bits per heavy atom. The van der Waals surface area contributed by atoms with Crippen LogP contribution in [0, 0.1) is 18.6 Å². The average molecular weight is 377 g/mol. The van der Waals surface area contributed by atoms with Crippen LogP contribution in [0.4, 0.5) is 8.78 Å². The summed E-state index contributed by atoms with van der Waals surface area (Å²) < 4.78 is 33.6. The van der Waals surface area contributed by atoms with Crippen LogP contribution in [0.25, 0.3) is 0 Å². The lowest BCUT2D eigenvalue weighted by Crippen LogP contribution is -2.24. The molecule has 0 unspecified atom stereocenters. The lowest BCUT2D eigenvalue weighted by atomic mass is 10.2. The van der Waals surface area contributed by atoms with Gasteiger partial charge in [-0.05, 0) is 30.7 Å². The highest BCUT2D eigenvalue weighted by atomic mass is 35.5. The normalized spacial score (nSPS) is 10.8. The molecule has 2 aromatic heterocycles. The molecule has 0 atom stereocenters. The van der Waals surface area contributed by atoms with Crippen molar-refractivity contribution < 1.29 is 13.5 Å². The van der Waals surface area contributed by atoms with Gasteiger partial charge in [-0.25, -0.2) is 8.78 Å². The van der Waals surface area contributed by atoms with Gasteiger partial charge in [-0.15, -0.1) is 0 Å². The Morgan fingerprint density at radius 1 is 1.23 bits per heavy atom. The van der Waals surface area contributed by atoms with Gasteiger partial charge in [-0.2, -0.15) is 0 Å². The van der Waals surface area contributed by atoms with Crippen LogP contribution in [0.5, 0.6) is 5.75 Å². The summed E-state index contributed by atoms with van der Waals surface area (Å²) >= 11 is 6.14. The summed E-state index contributed by atoms with van der Waals surface area (Å²) in [4.78, 5) is 16.6. The molecule has 2 heterocycles. The van der Waals surface area contributed by atoms with Crippen LogP contribution in [0.15, 0.2) is 53.6 Å². The number of benzene rings is 1. The van der Waals surface area contributed by atoms with Gasteiger partial charge in [-0.1, -0.05) is 17.7 Å². The second-order valence-corrected chi connectivity index (χ2v) is 6.12. The van der Waals surface area contributed by atoms with E-state index >= 15 is 0 Å². The van der Waals surface area contributed by atoms with Gasteiger partial charge >= 0.3 is 0 Å². The predicted octanol–water partition coefficient (Wildman–Crippen LogP) is 4.11. The lowest BCUT2D eigenvalue weighted by Gasteiger charge is -2.14. The van der Waals surface area contributed by atoms with E-state index in [4.69, 9.17) is 16.3 Å². The van der Waals surface area contributed by atoms with E-state index < -0.39 is 17.2 Å². The van der Waals surface area contributed by atoms with Gasteiger partial charge in [0, 0.05) is 35.8 Å². The van der Waals surface area contributed by atoms with Crippen molar-refractivity contribution in [2.24, 2.45) is 0 Å². The van der Waals surface area contributed by atoms with Gasteiger partial charge in [0.1, 0.15) is 29.0 Å². The Kier molecular flexibility index (Phi) is 5.32. The minimum absolute atomic E-state index is 0.0954. The van der Waals surface area contributed by atoms with E-state index in [1.165, 1.54) is 10.6 Å². The number of ether oxygens (including phenoxy) is 1. The average Bonchev–Trinajstić information content (AvgIpc) is 2.63. The SMILES string of the molecule is Cc1cc(OCc2ccc(F)cc2F)c(Cl)c(=O)n1Cc1cccnc1. The highest BCUT2D eigenvalue weighted by Crippen LogP contribution is 2.24. The van der Waals surface area contributed by atoms with Crippen LogP contribution in [-0.2, 0) is 13.2 Å². The van der Waals surface area contributed by atoms with E-state index in [1.807, 2.05) is 6.07 Å². The Hall–Kier alpha value is -2.73. The molecule has 134 valence electrons. The van der Waals surface area contributed by atoms with E-state index in [9.17, 15) is 13.6 Å². The zero-order chi connectivity index (χ0) is 18.7. The largest absolute Gasteiger partial charge is 0.487 e. The van der Waals surface area contributed by atoms with Crippen molar-refractivity contribution in [2.75, 3.05) is 0 Å². The van der Waals surface area contributed by atoms with E-state index in [1.54, 1.807) is 31.5 Å². The topological polar surface area (TPSA) is 44.1 Å². The molecule has 1 aromatic carbocycles. The van der Waals surface area contributed by atoms with Gasteiger partial charge in [0.25, 0.3) is 5.56 Å². The van der Waals surface area contributed by atoms with Crippen LogP contribution in [-0.4, -0.2) is 9.55 Å². The van der Waals surface area contributed by atoms with Gasteiger partial charge < -0.3 is 9.30 Å². The number of hydrogen-bond donors (Lipinski definition) is 0. The van der Waals surface area contributed by atoms with Crippen molar-refractivity contribution in [1.82, 2.24) is 9.55 Å². The third-order valence-electron chi connectivity index (χ3n) is 3.88. The summed E-state index contributed by atoms with van der Waals surface area (Å²) in [5, 5.41) is -0.0954. The molecule has 0 radical (unpaired) electrons. The van der Waals surface area contributed by atoms with Gasteiger partial charge in [0.15, 0.2) is 0 Å². The molecule has 0 N–H and O–H groups in total. The van der Waals surface area contributed by atoms with Crippen molar-refractivity contribution in [3.05, 3.63) is 92.6 Å². The van der Waals surface area contributed by atoms with E-state index in [2.05, 4.69) is 4.98 Å². The van der Waals surface area contributed by atoms with Crippen LogP contribution in [0.1, 0.15) is 16.8 Å². The second kappa shape index (κ2) is 7.66. The predicted molar refractivity (Wildman–Crippen MR) is 94.5 cm³/mol. The van der Waals surface area contributed by atoms with Crippen LogP contribution < -0.4 is 10.3 Å². The number of nitrogens with zero attached hydrogens (tertiary/aromatic N) is 2. The number of pyridine rings is 2. The van der Waals surface area contributed by atoms with Gasteiger partial charge in [0.2, 0.25) is 0 Å². The van der Waals surface area contributed by atoms with Crippen molar-refractivity contribution in [3.63, 3.8) is 0 Å². The molecule has 3 rings (SSSR count). The summed E-state index contributed by atoms with van der Waals surface area (Å²) in [6, 6.07) is 8.45. The van der Waals surface area contributed by atoms with Crippen LogP contribution in [0.2, 0.25) is 5.02 Å². The van der Waals surface area contributed by atoms with E-state index in [0.29, 0.717) is 12.2 Å². The quantitative estimate of drug-likeness (QED) is 0.673. The fourth-order valence-electron chi connectivity index (χ4n) is 2.49. The highest BCUT2D eigenvalue weighted by Gasteiger charge is 2.14. The molecule has 0 aliphatic rings. The first-order chi connectivity index (χ1) is 12.5. The van der Waals surface area contributed by atoms with Gasteiger partial charge in [0.05, 0.1) is 6.54 Å². The number of halogens is 3. The Morgan fingerprint density at radius 2 is 2.04 bits per heavy atom. The zero-order valence-electron chi connectivity index (χ0n) is 13.9. The molecule has 7 heteroatoms. The van der Waals surface area contributed by atoms with E-state index in [0.717, 1.165) is 17.7 Å². The second-order valence-electron chi connectivity index (χ2n) is 5.74. The number of aromatic nitrogens is 2. The molecule has 3 aromatic rings. The third-order valence-corrected chi connectivity index (χ3v) is 4.22. The first kappa shape index (κ1) is 18.1. The lowest BCUT2D eigenvalue weighted by molar-refractivity contribution is 0.298. The molecule has 0 bridgehead atoms. The van der Waals surface area contributed by atoms with E-state index in [-0.39, 0.29) is 22.9 Å². The summed E-state index contributed by atoms with van der Waals surface area (Å²) in [7, 11) is 0. The van der Waals surface area contributed by atoms with Crippen LogP contribution in [0.3, 0.4) is 0 Å². The molecule has 4 nitrogen and oxygen atoms in total. The molecular formula is C19H15ClF2N2O2. The molecule has 0 spiro atoms. The first-order valence-electron chi connectivity index (χ1n) is 7.81. The first-order valence-corrected chi connectivity index (χ1v) is 8.19. The summed E-state index contributed by atoms with van der Waals surface area (Å²) in [5.74, 6) is -1.23. The molecular weight excluding hydrogens is 362 g/mol. The van der Waals surface area contributed by atoms with Crippen molar-refractivity contribution >= 4 is 11.6 Å². The van der Waals surface area contributed by atoms with Crippen molar-refractivity contribution in [1.29, 1.82) is 0 Å². The summed E-state index contributed by atoms with van der Waals surface area (Å²) in [6.45, 7) is 1.90. The standard InChI is InChI=1S/C19H15ClF2N2O2/c1-12-7-17(26-11-14-4-5-15(21)8-16(14)22)18(20)19(25)24(12)10-13-3-2-6-23-9-13/h2-9H,10-11H2,1H3. The molecule has 26 heavy (non-hydrogen) atoms. The maximum Gasteiger partial charge on any atom is 0.273 e. The number of aryl methyl sites for hydroxylation is 1. The van der Waals surface area contributed by atoms with Gasteiger partial charge in [-0.3, -0.25) is 9.78 Å². The molecule has 0 amide bonds. The molecule has 0 saturated heterocycles. The minimum atomic E-state index is -0.720. The summed E-state index contributed by atoms with van der Waals surface area (Å²) in [5.41, 5.74) is 1.25. The maximum absolute atomic E-state index is 13.7. The van der Waals surface area contributed by atoms with Crippen LogP contribution >= 0.6 is 11.6 Å². The highest BCUT2D eigenvalue weighted by molar-refractivity contribution is 6.31. The molecule has 0 aliphatic carbocycles. The summed E-state index contributed by atoms with van der Waals surface area (Å²) in [6.07, 6.45) is 3.32. The Balaban J connectivity index is 1.84. The smallest absolute Gasteiger partial charge is 0.273 e.